The summed E-state index contributed by atoms with van der Waals surface area (Å²) in [7, 11) is -4.15. The summed E-state index contributed by atoms with van der Waals surface area (Å²) >= 11 is 12.0. The van der Waals surface area contributed by atoms with Gasteiger partial charge in [0.25, 0.3) is 10.0 Å². The van der Waals surface area contributed by atoms with Crippen LogP contribution in [-0.2, 0) is 26.2 Å². The fraction of sp³-hybridized carbons (Fsp3) is 0.310. The minimum atomic E-state index is -4.15. The Kier molecular flexibility index (Phi) is 10.8. The number of halogens is 2. The van der Waals surface area contributed by atoms with Crippen LogP contribution in [-0.4, -0.2) is 44.3 Å². The second-order valence-corrected chi connectivity index (χ2v) is 11.9. The second kappa shape index (κ2) is 13.8. The van der Waals surface area contributed by atoms with Crippen molar-refractivity contribution < 1.29 is 18.0 Å². The Morgan fingerprint density at radius 3 is 1.97 bits per heavy atom. The highest BCUT2D eigenvalue weighted by molar-refractivity contribution is 7.92. The van der Waals surface area contributed by atoms with Crippen molar-refractivity contribution in [2.45, 2.75) is 51.1 Å². The quantitative estimate of drug-likeness (QED) is 0.288. The van der Waals surface area contributed by atoms with Gasteiger partial charge in [-0.3, -0.25) is 13.9 Å². The molecule has 0 heterocycles. The van der Waals surface area contributed by atoms with Gasteiger partial charge in [0.2, 0.25) is 11.8 Å². The van der Waals surface area contributed by atoms with E-state index in [0.717, 1.165) is 21.9 Å². The van der Waals surface area contributed by atoms with E-state index in [1.165, 1.54) is 29.2 Å². The van der Waals surface area contributed by atoms with Gasteiger partial charge < -0.3 is 10.2 Å². The van der Waals surface area contributed by atoms with Crippen molar-refractivity contribution in [1.29, 1.82) is 0 Å². The van der Waals surface area contributed by atoms with Crippen LogP contribution in [0, 0.1) is 6.92 Å². The number of anilines is 1. The predicted octanol–water partition coefficient (Wildman–Crippen LogP) is 5.83. The summed E-state index contributed by atoms with van der Waals surface area (Å²) in [4.78, 5) is 28.5. The largest absolute Gasteiger partial charge is 0.354 e. The number of benzene rings is 3. The summed E-state index contributed by atoms with van der Waals surface area (Å²) in [6.07, 6.45) is 1.09. The standard InChI is InChI=1S/C29H33Cl2N3O4S/c1-4-18-32-29(36)27(5-2)33(19-22-8-10-23(30)11-9-22)28(35)20-34(25-14-6-21(3)7-15-25)39(37,38)26-16-12-24(31)13-17-26/h6-17,27H,4-5,18-20H2,1-3H3,(H,32,36)/t27-/m1/s1. The number of nitrogens with one attached hydrogen (secondary N) is 1. The molecular formula is C29H33Cl2N3O4S. The Morgan fingerprint density at radius 1 is 0.872 bits per heavy atom. The lowest BCUT2D eigenvalue weighted by molar-refractivity contribution is -0.140. The normalized spacial score (nSPS) is 12.0. The maximum absolute atomic E-state index is 14.0. The van der Waals surface area contributed by atoms with Crippen LogP contribution in [0.4, 0.5) is 5.69 Å². The number of hydrogen-bond acceptors (Lipinski definition) is 4. The number of aryl methyl sites for hydroxylation is 1. The molecule has 39 heavy (non-hydrogen) atoms. The molecule has 0 aliphatic carbocycles. The zero-order valence-corrected chi connectivity index (χ0v) is 24.6. The van der Waals surface area contributed by atoms with Crippen molar-refractivity contribution >= 4 is 50.7 Å². The van der Waals surface area contributed by atoms with Gasteiger partial charge in [0.15, 0.2) is 0 Å². The summed E-state index contributed by atoms with van der Waals surface area (Å²) in [5.41, 5.74) is 2.03. The van der Waals surface area contributed by atoms with Crippen molar-refractivity contribution in [3.63, 3.8) is 0 Å². The highest BCUT2D eigenvalue weighted by atomic mass is 35.5. The van der Waals surface area contributed by atoms with Crippen LogP contribution in [0.2, 0.25) is 10.0 Å². The smallest absolute Gasteiger partial charge is 0.264 e. The zero-order chi connectivity index (χ0) is 28.6. The first-order chi connectivity index (χ1) is 18.6. The summed E-state index contributed by atoms with van der Waals surface area (Å²) in [5.74, 6) is -0.800. The molecular weight excluding hydrogens is 557 g/mol. The van der Waals surface area contributed by atoms with Crippen molar-refractivity contribution in [2.24, 2.45) is 0 Å². The van der Waals surface area contributed by atoms with Crippen molar-refractivity contribution in [3.05, 3.63) is 94.0 Å². The van der Waals surface area contributed by atoms with Gasteiger partial charge >= 0.3 is 0 Å². The van der Waals surface area contributed by atoms with Gasteiger partial charge in [0.05, 0.1) is 10.6 Å². The SMILES string of the molecule is CCCNC(=O)[C@@H](CC)N(Cc1ccc(Cl)cc1)C(=O)CN(c1ccc(C)cc1)S(=O)(=O)c1ccc(Cl)cc1. The van der Waals surface area contributed by atoms with Gasteiger partial charge in [-0.25, -0.2) is 8.42 Å². The molecule has 0 aliphatic rings. The number of carbonyl (C=O) groups excluding carboxylic acids is 2. The minimum Gasteiger partial charge on any atom is -0.354 e. The number of carbonyl (C=O) groups is 2. The number of nitrogens with zero attached hydrogens (tertiary/aromatic N) is 2. The Bertz CT molecular complexity index is 1360. The van der Waals surface area contributed by atoms with Crippen LogP contribution in [0.15, 0.2) is 77.7 Å². The molecule has 2 amide bonds. The van der Waals surface area contributed by atoms with Crippen LogP contribution < -0.4 is 9.62 Å². The molecule has 0 radical (unpaired) electrons. The first-order valence-corrected chi connectivity index (χ1v) is 14.9. The number of sulfonamides is 1. The van der Waals surface area contributed by atoms with E-state index < -0.39 is 28.5 Å². The van der Waals surface area contributed by atoms with Gasteiger partial charge in [-0.15, -0.1) is 0 Å². The summed E-state index contributed by atoms with van der Waals surface area (Å²) in [5, 5.41) is 3.81. The van der Waals surface area contributed by atoms with Crippen LogP contribution in [0.3, 0.4) is 0 Å². The van der Waals surface area contributed by atoms with Gasteiger partial charge in [0, 0.05) is 23.1 Å². The zero-order valence-electron chi connectivity index (χ0n) is 22.2. The first-order valence-electron chi connectivity index (χ1n) is 12.7. The fourth-order valence-corrected chi connectivity index (χ4v) is 5.71. The fourth-order valence-electron chi connectivity index (χ4n) is 4.05. The number of amides is 2. The second-order valence-electron chi connectivity index (χ2n) is 9.16. The molecule has 3 rings (SSSR count). The molecule has 0 fully saturated rings. The average Bonchev–Trinajstić information content (AvgIpc) is 2.92. The Balaban J connectivity index is 2.03. The van der Waals surface area contributed by atoms with Crippen LogP contribution >= 0.6 is 23.2 Å². The first kappa shape index (κ1) is 30.5. The molecule has 0 saturated heterocycles. The van der Waals surface area contributed by atoms with E-state index in [9.17, 15) is 18.0 Å². The molecule has 3 aromatic carbocycles. The molecule has 10 heteroatoms. The third-order valence-corrected chi connectivity index (χ3v) is 8.50. The lowest BCUT2D eigenvalue weighted by Crippen LogP contribution is -2.52. The monoisotopic (exact) mass is 589 g/mol. The van der Waals surface area contributed by atoms with E-state index in [0.29, 0.717) is 28.7 Å². The molecule has 0 bridgehead atoms. The van der Waals surface area contributed by atoms with Crippen LogP contribution in [0.1, 0.15) is 37.8 Å². The van der Waals surface area contributed by atoms with E-state index in [1.54, 1.807) is 48.5 Å². The molecule has 0 spiro atoms. The van der Waals surface area contributed by atoms with Crippen molar-refractivity contribution in [3.8, 4) is 0 Å². The van der Waals surface area contributed by atoms with Crippen LogP contribution in [0.25, 0.3) is 0 Å². The minimum absolute atomic E-state index is 0.00254. The Hall–Kier alpha value is -3.07. The van der Waals surface area contributed by atoms with Crippen molar-refractivity contribution in [1.82, 2.24) is 10.2 Å². The maximum atomic E-state index is 14.0. The molecule has 7 nitrogen and oxygen atoms in total. The Morgan fingerprint density at radius 2 is 1.44 bits per heavy atom. The lowest BCUT2D eigenvalue weighted by Gasteiger charge is -2.33. The van der Waals surface area contributed by atoms with E-state index >= 15 is 0 Å². The van der Waals surface area contributed by atoms with E-state index in [1.807, 2.05) is 20.8 Å². The maximum Gasteiger partial charge on any atom is 0.264 e. The van der Waals surface area contributed by atoms with Gasteiger partial charge in [-0.05, 0) is 73.9 Å². The molecule has 0 saturated carbocycles. The third kappa shape index (κ3) is 7.97. The van der Waals surface area contributed by atoms with E-state index in [2.05, 4.69) is 5.32 Å². The summed E-state index contributed by atoms with van der Waals surface area (Å²) in [6.45, 7) is 5.73. The molecule has 1 atom stereocenters. The molecule has 3 aromatic rings. The molecule has 0 aromatic heterocycles. The van der Waals surface area contributed by atoms with E-state index in [4.69, 9.17) is 23.2 Å². The Labute approximate surface area is 240 Å². The third-order valence-electron chi connectivity index (χ3n) is 6.20. The van der Waals surface area contributed by atoms with Crippen molar-refractivity contribution in [2.75, 3.05) is 17.4 Å². The van der Waals surface area contributed by atoms with E-state index in [-0.39, 0.29) is 17.3 Å². The van der Waals surface area contributed by atoms with Gasteiger partial charge in [-0.1, -0.05) is 66.9 Å². The average molecular weight is 591 g/mol. The summed E-state index contributed by atoms with van der Waals surface area (Å²) < 4.78 is 28.7. The molecule has 0 unspecified atom stereocenters. The van der Waals surface area contributed by atoms with Gasteiger partial charge in [0.1, 0.15) is 12.6 Å². The number of rotatable bonds is 12. The van der Waals surface area contributed by atoms with Gasteiger partial charge in [-0.2, -0.15) is 0 Å². The van der Waals surface area contributed by atoms with Crippen LogP contribution in [0.5, 0.6) is 0 Å². The highest BCUT2D eigenvalue weighted by Crippen LogP contribution is 2.26. The lowest BCUT2D eigenvalue weighted by atomic mass is 10.1. The topological polar surface area (TPSA) is 86.8 Å². The predicted molar refractivity (Wildman–Crippen MR) is 157 cm³/mol. The molecule has 208 valence electrons. The highest BCUT2D eigenvalue weighted by Gasteiger charge is 2.33. The molecule has 0 aliphatic heterocycles. The summed E-state index contributed by atoms with van der Waals surface area (Å²) in [6, 6.07) is 18.8. The number of hydrogen-bond donors (Lipinski definition) is 1. The molecule has 1 N–H and O–H groups in total.